The van der Waals surface area contributed by atoms with Crippen molar-refractivity contribution in [3.05, 3.63) is 132 Å². The number of benzene rings is 4. The van der Waals surface area contributed by atoms with Gasteiger partial charge in [0.25, 0.3) is 0 Å². The van der Waals surface area contributed by atoms with Gasteiger partial charge >= 0.3 is 22.3 Å². The Balaban J connectivity index is 0.000000203. The van der Waals surface area contributed by atoms with Gasteiger partial charge in [-0.15, -0.1) is 0 Å². The Bertz CT molecular complexity index is 3240. The lowest BCUT2D eigenvalue weighted by Gasteiger charge is -2.35. The third-order valence-corrected chi connectivity index (χ3v) is 13.5. The Kier molecular flexibility index (Phi) is 20.8. The number of rotatable bonds is 17. The number of phenolic OH excluding ortho intramolecular Hbond substituents is 1. The zero-order chi connectivity index (χ0) is 52.5. The van der Waals surface area contributed by atoms with E-state index in [4.69, 9.17) is 51.1 Å². The number of carbonyl (C=O) groups is 2. The molecule has 0 spiro atoms. The highest BCUT2D eigenvalue weighted by molar-refractivity contribution is 7.79. The molecule has 77 heavy (non-hydrogen) atoms. The van der Waals surface area contributed by atoms with E-state index < -0.39 is 16.4 Å². The van der Waals surface area contributed by atoms with Crippen LogP contribution in [0, 0.1) is 0 Å². The number of carboxylic acids is 1. The summed E-state index contributed by atoms with van der Waals surface area (Å²) in [4.78, 5) is 26.7. The quantitative estimate of drug-likeness (QED) is 0.0340. The molecule has 5 aliphatic rings. The molecule has 0 radical (unpaired) electrons. The minimum atomic E-state index is -4.67. The first-order chi connectivity index (χ1) is 36.3. The average molecular weight is 1300 g/mol. The maximum Gasteiger partial charge on any atom is 0.394 e. The molecule has 5 aliphatic heterocycles. The van der Waals surface area contributed by atoms with Gasteiger partial charge < -0.3 is 96.4 Å². The maximum atomic E-state index is 11.6. The topological polar surface area (TPSA) is 219 Å². The number of aromatic nitrogens is 2. The van der Waals surface area contributed by atoms with E-state index in [0.29, 0.717) is 51.5 Å². The van der Waals surface area contributed by atoms with Crippen LogP contribution in [0.2, 0.25) is 0 Å². The summed E-state index contributed by atoms with van der Waals surface area (Å²) < 4.78 is 71.4. The number of hydrogen-bond donors (Lipinski definition) is 4. The molecule has 0 bridgehead atoms. The van der Waals surface area contributed by atoms with Crippen molar-refractivity contribution in [2.45, 2.75) is 96.6 Å². The number of phenols is 1. The normalized spacial score (nSPS) is 16.2. The second-order valence-corrected chi connectivity index (χ2v) is 19.4. The van der Waals surface area contributed by atoms with Crippen LogP contribution in [0.1, 0.15) is 82.3 Å². The summed E-state index contributed by atoms with van der Waals surface area (Å²) in [5.74, 6) is 3.58. The number of esters is 1. The minimum absolute atomic E-state index is 0. The Labute approximate surface area is 481 Å². The Morgan fingerprint density at radius 1 is 0.740 bits per heavy atom. The van der Waals surface area contributed by atoms with E-state index in [1.54, 1.807) is 6.07 Å². The van der Waals surface area contributed by atoms with Crippen molar-refractivity contribution in [3.63, 3.8) is 0 Å². The van der Waals surface area contributed by atoms with E-state index in [1.165, 1.54) is 5.56 Å². The first kappa shape index (κ1) is 58.8. The van der Waals surface area contributed by atoms with Gasteiger partial charge in [-0.3, -0.25) is 18.7 Å². The van der Waals surface area contributed by atoms with Gasteiger partial charge in [-0.25, -0.2) is 0 Å². The number of unbranched alkanes of at least 4 members (excludes halogenated alkanes) is 4. The first-order valence-electron chi connectivity index (χ1n) is 25.5. The lowest BCUT2D eigenvalue weighted by atomic mass is 9.90. The van der Waals surface area contributed by atoms with Gasteiger partial charge in [0.1, 0.15) is 30.7 Å². The molecule has 11 rings (SSSR count). The van der Waals surface area contributed by atoms with Crippen LogP contribution in [0.5, 0.6) is 23.0 Å². The summed E-state index contributed by atoms with van der Waals surface area (Å²) in [5, 5.41) is 21.6. The Hall–Kier alpha value is -5.83. The summed E-state index contributed by atoms with van der Waals surface area (Å²) in [5.41, 5.74) is 7.39. The molecular weight excluding hydrogens is 1240 g/mol. The van der Waals surface area contributed by atoms with E-state index in [2.05, 4.69) is 61.5 Å². The number of aryl methyl sites for hydroxylation is 2. The molecule has 21 heteroatoms. The van der Waals surface area contributed by atoms with E-state index >= 15 is 0 Å². The fourth-order valence-corrected chi connectivity index (χ4v) is 10.2. The van der Waals surface area contributed by atoms with Crippen LogP contribution in [0.25, 0.3) is 33.5 Å². The Morgan fingerprint density at radius 3 is 2.04 bits per heavy atom. The second kappa shape index (κ2) is 27.2. The number of fused-ring (bicyclic) bond motifs is 7. The summed E-state index contributed by atoms with van der Waals surface area (Å²) >= 11 is 0. The van der Waals surface area contributed by atoms with Crippen molar-refractivity contribution in [3.8, 4) is 23.0 Å². The molecule has 0 saturated carbocycles. The van der Waals surface area contributed by atoms with E-state index in [9.17, 15) is 14.7 Å². The van der Waals surface area contributed by atoms with E-state index in [1.807, 2.05) is 73.8 Å². The number of carboxylic acid groups (broad SMARTS) is 1. The molecule has 0 aliphatic carbocycles. The van der Waals surface area contributed by atoms with Gasteiger partial charge in [0, 0.05) is 93.1 Å². The second-order valence-electron chi connectivity index (χ2n) is 18.5. The average Bonchev–Trinajstić information content (AvgIpc) is 4.21. The molecule has 4 N–H and O–H groups in total. The van der Waals surface area contributed by atoms with Crippen LogP contribution in [0.3, 0.4) is 0 Å². The number of nitrogens with zero attached hydrogens (tertiary/aromatic N) is 4. The first-order valence-corrected chi connectivity index (χ1v) is 26.9. The van der Waals surface area contributed by atoms with Crippen molar-refractivity contribution < 1.29 is 123 Å². The minimum Gasteiger partial charge on any atom is -1.00 e. The van der Waals surface area contributed by atoms with Crippen LogP contribution >= 0.6 is 0 Å². The van der Waals surface area contributed by atoms with Crippen LogP contribution in [-0.2, 0) is 47.3 Å². The molecule has 18 nitrogen and oxygen atoms in total. The van der Waals surface area contributed by atoms with Crippen LogP contribution < -0.4 is 81.1 Å². The zero-order valence-corrected chi connectivity index (χ0v) is 47.6. The molecule has 1 unspecified atom stereocenters. The van der Waals surface area contributed by atoms with Gasteiger partial charge in [0.2, 0.25) is 22.8 Å². The lowest BCUT2D eigenvalue weighted by Crippen LogP contribution is -3.00. The maximum absolute atomic E-state index is 11.6. The van der Waals surface area contributed by atoms with Gasteiger partial charge in [-0.2, -0.15) is 17.6 Å². The molecule has 2 aromatic heterocycles. The van der Waals surface area contributed by atoms with E-state index in [-0.39, 0.29) is 78.5 Å². The highest BCUT2D eigenvalue weighted by Gasteiger charge is 2.42. The molecule has 7 heterocycles. The number of aliphatic carboxylic acids is 1. The van der Waals surface area contributed by atoms with E-state index in [0.717, 1.165) is 126 Å². The summed E-state index contributed by atoms with van der Waals surface area (Å²) in [6.45, 7) is 6.68. The van der Waals surface area contributed by atoms with Crippen LogP contribution in [-0.4, -0.2) is 85.0 Å². The number of halogens is 2. The molecule has 6 aromatic rings. The monoisotopic (exact) mass is 1300 g/mol. The molecule has 410 valence electrons. The number of anilines is 2. The van der Waals surface area contributed by atoms with Gasteiger partial charge in [0.05, 0.1) is 47.5 Å². The van der Waals surface area contributed by atoms with Crippen molar-refractivity contribution in [2.24, 2.45) is 0 Å². The Morgan fingerprint density at radius 2 is 1.35 bits per heavy atom. The number of hydrogen-bond acceptors (Lipinski definition) is 13. The molecule has 1 fully saturated rings. The molecule has 1 saturated heterocycles. The number of carbonyl (C=O) groups excluding carboxylic acids is 1. The SMILES string of the molecule is CCOC(=O)CCCCC[n+]1ccc(C=C2Oc3ccccc3N2CCC2OCCO2)c2c(O)cccc21.O=C(O)CCCCC[n+]1ccc2c3c(cccc31)OC1CCN3C(=C21)Oc1ccccc13.O=S(=O)(O)O.[I-].[I-]. The number of ether oxygens (including phenoxy) is 6. The lowest BCUT2D eigenvalue weighted by molar-refractivity contribution is -0.672. The smallest absolute Gasteiger partial charge is 0.394 e. The predicted octanol–water partition coefficient (Wildman–Crippen LogP) is 2.78. The van der Waals surface area contributed by atoms with Crippen LogP contribution in [0.4, 0.5) is 11.4 Å². The summed E-state index contributed by atoms with van der Waals surface area (Å²) in [7, 11) is -4.67. The molecule has 4 aromatic carbocycles. The molecular formula is C56H62I2N4O14S. The van der Waals surface area contributed by atoms with Gasteiger partial charge in [-0.1, -0.05) is 36.4 Å². The third-order valence-electron chi connectivity index (χ3n) is 13.5. The van der Waals surface area contributed by atoms with Gasteiger partial charge in [0.15, 0.2) is 30.2 Å². The summed E-state index contributed by atoms with van der Waals surface area (Å²) in [6.07, 6.45) is 13.5. The molecule has 1 atom stereocenters. The third kappa shape index (κ3) is 14.5. The van der Waals surface area contributed by atoms with Crippen molar-refractivity contribution in [1.82, 2.24) is 0 Å². The standard InChI is InChI=1S/C30H34N2O6.C26H24N2O4.2HI.H2O4S/c1-2-35-28(34)13-4-3-7-16-31-17-14-22(30-24(31)10-8-11-25(30)33)21-27-32(18-15-29-36-19-20-37-29)23-9-5-6-12-26(23)38-27;29-23(30)11-2-1-5-14-27-15-12-17-24-19(27)8-6-10-21(24)31-22-13-16-28-18-7-3-4-9-20(18)32-26(28)25(17)22;;;1-5(2,3)4/h5-6,8-12,14,17,21,29H,2-4,7,13,15-16,18-20H2,1H3;3-4,6-10,12,15,22H,1-2,5,11,13-14,16H2;2*1H;(H2,1,2,3,4). The molecule has 0 amide bonds. The fraction of sp³-hybridized carbons (Fsp3) is 0.357. The predicted molar refractivity (Wildman–Crippen MR) is 278 cm³/mol. The fourth-order valence-electron chi connectivity index (χ4n) is 10.2. The number of para-hydroxylation sites is 4. The largest absolute Gasteiger partial charge is 1.00 e. The van der Waals surface area contributed by atoms with Crippen LogP contribution in [0.15, 0.2) is 121 Å². The highest BCUT2D eigenvalue weighted by Crippen LogP contribution is 2.49. The van der Waals surface area contributed by atoms with Crippen molar-refractivity contribution in [2.75, 3.05) is 42.7 Å². The van der Waals surface area contributed by atoms with Gasteiger partial charge in [-0.05, 0) is 69.0 Å². The zero-order valence-electron chi connectivity index (χ0n) is 42.5. The number of pyridine rings is 2. The summed E-state index contributed by atoms with van der Waals surface area (Å²) in [6, 6.07) is 32.2. The van der Waals surface area contributed by atoms with Crippen molar-refractivity contribution in [1.29, 1.82) is 0 Å². The van der Waals surface area contributed by atoms with Crippen molar-refractivity contribution >= 4 is 67.2 Å². The number of aromatic hydroxyl groups is 1. The highest BCUT2D eigenvalue weighted by atomic mass is 127.